The number of hydrogen-bond donors (Lipinski definition) is 1. The Balaban J connectivity index is 2.81. The molecular formula is C9H6BrN3O. The van der Waals surface area contributed by atoms with Crippen molar-refractivity contribution in [2.75, 3.05) is 0 Å². The van der Waals surface area contributed by atoms with Crippen LogP contribution in [0.3, 0.4) is 0 Å². The molecule has 0 atom stereocenters. The second-order valence-electron chi connectivity index (χ2n) is 2.63. The zero-order valence-corrected chi connectivity index (χ0v) is 8.64. The molecule has 0 saturated heterocycles. The summed E-state index contributed by atoms with van der Waals surface area (Å²) >= 11 is 3.37. The van der Waals surface area contributed by atoms with Gasteiger partial charge in [-0.2, -0.15) is 0 Å². The van der Waals surface area contributed by atoms with E-state index in [-0.39, 0.29) is 0 Å². The molecule has 2 aromatic rings. The summed E-state index contributed by atoms with van der Waals surface area (Å²) in [5.74, 6) is 0. The first-order valence-electron chi connectivity index (χ1n) is 3.89. The molecule has 4 nitrogen and oxygen atoms in total. The average molecular weight is 252 g/mol. The number of halogens is 1. The van der Waals surface area contributed by atoms with Gasteiger partial charge in [-0.05, 0) is 28.1 Å². The summed E-state index contributed by atoms with van der Waals surface area (Å²) < 4.78 is 0.871. The van der Waals surface area contributed by atoms with Crippen molar-refractivity contribution < 1.29 is 5.21 Å². The predicted molar refractivity (Wildman–Crippen MR) is 56.6 cm³/mol. The van der Waals surface area contributed by atoms with Gasteiger partial charge in [-0.15, -0.1) is 0 Å². The quantitative estimate of drug-likeness (QED) is 0.480. The molecule has 1 heterocycles. The van der Waals surface area contributed by atoms with E-state index in [1.54, 1.807) is 18.5 Å². The normalized spacial score (nSPS) is 11.2. The van der Waals surface area contributed by atoms with E-state index in [1.807, 2.05) is 6.07 Å². The fourth-order valence-electron chi connectivity index (χ4n) is 1.21. The average Bonchev–Trinajstić information content (AvgIpc) is 2.23. The molecule has 1 aromatic carbocycles. The fourth-order valence-corrected chi connectivity index (χ4v) is 1.63. The van der Waals surface area contributed by atoms with Crippen LogP contribution in [-0.2, 0) is 0 Å². The van der Waals surface area contributed by atoms with Gasteiger partial charge in [0.05, 0.1) is 11.7 Å². The summed E-state index contributed by atoms with van der Waals surface area (Å²) in [7, 11) is 0. The van der Waals surface area contributed by atoms with Gasteiger partial charge in [0.1, 0.15) is 5.52 Å². The van der Waals surface area contributed by atoms with Crippen molar-refractivity contribution in [1.82, 2.24) is 9.97 Å². The van der Waals surface area contributed by atoms with E-state index in [4.69, 9.17) is 5.21 Å². The highest BCUT2D eigenvalue weighted by atomic mass is 79.9. The Labute approximate surface area is 88.4 Å². The molecule has 0 fully saturated rings. The van der Waals surface area contributed by atoms with E-state index in [2.05, 4.69) is 31.1 Å². The summed E-state index contributed by atoms with van der Waals surface area (Å²) in [6.07, 6.45) is 4.56. The molecule has 0 unspecified atom stereocenters. The van der Waals surface area contributed by atoms with Crippen molar-refractivity contribution in [2.45, 2.75) is 0 Å². The van der Waals surface area contributed by atoms with Gasteiger partial charge in [-0.25, -0.2) is 0 Å². The van der Waals surface area contributed by atoms with Crippen LogP contribution in [0.1, 0.15) is 5.56 Å². The summed E-state index contributed by atoms with van der Waals surface area (Å²) in [4.78, 5) is 8.34. The molecule has 14 heavy (non-hydrogen) atoms. The van der Waals surface area contributed by atoms with Crippen molar-refractivity contribution in [3.63, 3.8) is 0 Å². The third kappa shape index (κ3) is 1.46. The minimum absolute atomic E-state index is 0.708. The number of fused-ring (bicyclic) bond motifs is 1. The van der Waals surface area contributed by atoms with E-state index < -0.39 is 0 Å². The molecule has 1 N–H and O–H groups in total. The molecule has 0 radical (unpaired) electrons. The van der Waals surface area contributed by atoms with E-state index in [9.17, 15) is 0 Å². The van der Waals surface area contributed by atoms with Crippen LogP contribution in [0.15, 0.2) is 34.2 Å². The highest BCUT2D eigenvalue weighted by Gasteiger charge is 2.04. The molecule has 0 aliphatic carbocycles. The maximum atomic E-state index is 8.46. The topological polar surface area (TPSA) is 58.4 Å². The van der Waals surface area contributed by atoms with E-state index in [0.29, 0.717) is 5.52 Å². The van der Waals surface area contributed by atoms with E-state index >= 15 is 0 Å². The first kappa shape index (κ1) is 9.08. The number of aromatic nitrogens is 2. The van der Waals surface area contributed by atoms with Crippen LogP contribution in [0, 0.1) is 0 Å². The molecule has 0 spiro atoms. The van der Waals surface area contributed by atoms with Gasteiger partial charge in [-0.3, -0.25) is 9.97 Å². The Morgan fingerprint density at radius 3 is 2.64 bits per heavy atom. The second-order valence-corrected chi connectivity index (χ2v) is 3.49. The van der Waals surface area contributed by atoms with Crippen LogP contribution in [0.5, 0.6) is 0 Å². The molecule has 0 bridgehead atoms. The van der Waals surface area contributed by atoms with Crippen molar-refractivity contribution in [1.29, 1.82) is 0 Å². The maximum absolute atomic E-state index is 8.46. The first-order chi connectivity index (χ1) is 6.83. The third-order valence-corrected chi connectivity index (χ3v) is 2.44. The molecule has 70 valence electrons. The van der Waals surface area contributed by atoms with Gasteiger partial charge in [-0.1, -0.05) is 5.16 Å². The van der Waals surface area contributed by atoms with Crippen molar-refractivity contribution in [2.24, 2.45) is 5.16 Å². The molecule has 5 heteroatoms. The molecule has 0 saturated carbocycles. The minimum Gasteiger partial charge on any atom is -0.411 e. The van der Waals surface area contributed by atoms with Crippen LogP contribution in [0.25, 0.3) is 11.0 Å². The third-order valence-electron chi connectivity index (χ3n) is 1.80. The number of benzene rings is 1. The summed E-state index contributed by atoms with van der Waals surface area (Å²) in [6, 6.07) is 3.65. The van der Waals surface area contributed by atoms with E-state index in [1.165, 1.54) is 6.21 Å². The lowest BCUT2D eigenvalue weighted by atomic mass is 10.2. The summed E-state index contributed by atoms with van der Waals surface area (Å²) in [6.45, 7) is 0. The van der Waals surface area contributed by atoms with Gasteiger partial charge in [0.2, 0.25) is 0 Å². The zero-order chi connectivity index (χ0) is 9.97. The smallest absolute Gasteiger partial charge is 0.103 e. The molecule has 2 rings (SSSR count). The standard InChI is InChI=1S/C9H6BrN3O/c10-7-2-1-6(5-13-14)8-9(7)12-4-3-11-8/h1-5,14H/b13-5+. The highest BCUT2D eigenvalue weighted by Crippen LogP contribution is 2.22. The number of rotatable bonds is 1. The highest BCUT2D eigenvalue weighted by molar-refractivity contribution is 9.10. The van der Waals surface area contributed by atoms with Crippen LogP contribution in [-0.4, -0.2) is 21.4 Å². The van der Waals surface area contributed by atoms with Crippen LogP contribution in [0.4, 0.5) is 0 Å². The molecule has 0 amide bonds. The lowest BCUT2D eigenvalue weighted by molar-refractivity contribution is 0.322. The summed E-state index contributed by atoms with van der Waals surface area (Å²) in [5, 5.41) is 11.4. The molecule has 0 aliphatic heterocycles. The van der Waals surface area contributed by atoms with Crippen molar-refractivity contribution >= 4 is 33.2 Å². The Morgan fingerprint density at radius 1 is 1.21 bits per heavy atom. The molecule has 1 aromatic heterocycles. The SMILES string of the molecule is O/N=C/c1ccc(Br)c2nccnc12. The zero-order valence-electron chi connectivity index (χ0n) is 7.05. The largest absolute Gasteiger partial charge is 0.411 e. The van der Waals surface area contributed by atoms with Gasteiger partial charge in [0.25, 0.3) is 0 Å². The number of nitrogens with zero attached hydrogens (tertiary/aromatic N) is 3. The van der Waals surface area contributed by atoms with Crippen LogP contribution >= 0.6 is 15.9 Å². The van der Waals surface area contributed by atoms with Crippen LogP contribution < -0.4 is 0 Å². The van der Waals surface area contributed by atoms with Gasteiger partial charge in [0.15, 0.2) is 0 Å². The van der Waals surface area contributed by atoms with Crippen LogP contribution in [0.2, 0.25) is 0 Å². The Hall–Kier alpha value is -1.49. The Bertz CT molecular complexity index is 498. The fraction of sp³-hybridized carbons (Fsp3) is 0. The summed E-state index contributed by atoms with van der Waals surface area (Å²) in [5.41, 5.74) is 2.20. The number of oxime groups is 1. The van der Waals surface area contributed by atoms with E-state index in [0.717, 1.165) is 15.6 Å². The lowest BCUT2D eigenvalue weighted by Gasteiger charge is -2.00. The monoisotopic (exact) mass is 251 g/mol. The predicted octanol–water partition coefficient (Wildman–Crippen LogP) is 2.20. The Morgan fingerprint density at radius 2 is 1.93 bits per heavy atom. The van der Waals surface area contributed by atoms with Gasteiger partial charge in [0, 0.05) is 22.4 Å². The van der Waals surface area contributed by atoms with Gasteiger partial charge >= 0.3 is 0 Å². The minimum atomic E-state index is 0.708. The van der Waals surface area contributed by atoms with Crippen molar-refractivity contribution in [3.05, 3.63) is 34.6 Å². The first-order valence-corrected chi connectivity index (χ1v) is 4.69. The lowest BCUT2D eigenvalue weighted by Crippen LogP contribution is -1.90. The van der Waals surface area contributed by atoms with Crippen molar-refractivity contribution in [3.8, 4) is 0 Å². The maximum Gasteiger partial charge on any atom is 0.103 e. The molecular weight excluding hydrogens is 246 g/mol. The Kier molecular flexibility index (Phi) is 2.41. The second kappa shape index (κ2) is 3.71. The van der Waals surface area contributed by atoms with Gasteiger partial charge < -0.3 is 5.21 Å². The molecule has 0 aliphatic rings. The number of hydrogen-bond acceptors (Lipinski definition) is 4.